The zero-order chi connectivity index (χ0) is 14.2. The Morgan fingerprint density at radius 1 is 1.53 bits per heavy atom. The molecule has 4 nitrogen and oxygen atoms in total. The summed E-state index contributed by atoms with van der Waals surface area (Å²) in [7, 11) is 1.46. The van der Waals surface area contributed by atoms with E-state index in [9.17, 15) is 10.1 Å². The minimum atomic E-state index is -0.256. The first-order valence-corrected chi connectivity index (χ1v) is 7.19. The number of pyridine rings is 1. The number of hydrogen-bond acceptors (Lipinski definition) is 3. The van der Waals surface area contributed by atoms with Gasteiger partial charge in [-0.15, -0.1) is 0 Å². The van der Waals surface area contributed by atoms with Crippen LogP contribution in [0.1, 0.15) is 38.3 Å². The second-order valence-corrected chi connectivity index (χ2v) is 6.14. The summed E-state index contributed by atoms with van der Waals surface area (Å²) in [6.45, 7) is 4.22. The van der Waals surface area contributed by atoms with Gasteiger partial charge in [-0.3, -0.25) is 4.79 Å². The number of halogens is 1. The van der Waals surface area contributed by atoms with Crippen LogP contribution in [-0.4, -0.2) is 11.7 Å². The average Bonchev–Trinajstić information content (AvgIpc) is 3.16. The molecule has 1 heterocycles. The van der Waals surface area contributed by atoms with E-state index in [0.29, 0.717) is 22.1 Å². The minimum absolute atomic E-state index is 0.0724. The monoisotopic (exact) mass is 324 g/mol. The molecule has 0 bridgehead atoms. The minimum Gasteiger partial charge on any atom is -0.494 e. The van der Waals surface area contributed by atoms with Crippen LogP contribution < -0.4 is 10.3 Å². The van der Waals surface area contributed by atoms with Crippen LogP contribution >= 0.6 is 15.9 Å². The van der Waals surface area contributed by atoms with E-state index < -0.39 is 0 Å². The predicted molar refractivity (Wildman–Crippen MR) is 76.3 cm³/mol. The smallest absolute Gasteiger partial charge is 0.272 e. The molecule has 0 saturated heterocycles. The van der Waals surface area contributed by atoms with Gasteiger partial charge in [0.15, 0.2) is 11.3 Å². The molecule has 1 aromatic heterocycles. The lowest BCUT2D eigenvalue weighted by molar-refractivity contribution is 0.323. The SMILES string of the molecule is COc1c(Br)cn(C(C(C)C)C2CC2)c(=O)c1C#N. The largest absolute Gasteiger partial charge is 0.494 e. The summed E-state index contributed by atoms with van der Waals surface area (Å²) >= 11 is 3.38. The summed E-state index contributed by atoms with van der Waals surface area (Å²) in [4.78, 5) is 12.4. The molecule has 1 fully saturated rings. The molecule has 1 aromatic rings. The highest BCUT2D eigenvalue weighted by Gasteiger charge is 2.35. The molecule has 0 N–H and O–H groups in total. The summed E-state index contributed by atoms with van der Waals surface area (Å²) in [5.41, 5.74) is -0.184. The molecule has 0 aliphatic heterocycles. The molecule has 0 spiro atoms. The molecule has 0 amide bonds. The van der Waals surface area contributed by atoms with Crippen molar-refractivity contribution in [1.82, 2.24) is 4.57 Å². The average molecular weight is 325 g/mol. The molecule has 1 aliphatic rings. The quantitative estimate of drug-likeness (QED) is 0.855. The van der Waals surface area contributed by atoms with Gasteiger partial charge < -0.3 is 9.30 Å². The van der Waals surface area contributed by atoms with Crippen LogP contribution in [0.15, 0.2) is 15.5 Å². The first-order chi connectivity index (χ1) is 9.01. The number of aromatic nitrogens is 1. The zero-order valence-electron chi connectivity index (χ0n) is 11.3. The Bertz CT molecular complexity index is 580. The molecule has 102 valence electrons. The van der Waals surface area contributed by atoms with Crippen LogP contribution in [0.4, 0.5) is 0 Å². The molecule has 1 atom stereocenters. The van der Waals surface area contributed by atoms with Gasteiger partial charge in [-0.1, -0.05) is 13.8 Å². The fourth-order valence-corrected chi connectivity index (χ4v) is 3.22. The summed E-state index contributed by atoms with van der Waals surface area (Å²) in [6.07, 6.45) is 4.06. The highest BCUT2D eigenvalue weighted by molar-refractivity contribution is 9.10. The summed E-state index contributed by atoms with van der Waals surface area (Å²) in [6, 6.07) is 2.12. The van der Waals surface area contributed by atoms with Gasteiger partial charge in [0.1, 0.15) is 6.07 Å². The lowest BCUT2D eigenvalue weighted by Gasteiger charge is -2.24. The van der Waals surface area contributed by atoms with Gasteiger partial charge >= 0.3 is 0 Å². The molecule has 1 aliphatic carbocycles. The van der Waals surface area contributed by atoms with Crippen molar-refractivity contribution in [3.8, 4) is 11.8 Å². The summed E-state index contributed by atoms with van der Waals surface area (Å²) < 4.78 is 7.49. The first-order valence-electron chi connectivity index (χ1n) is 6.40. The Labute approximate surface area is 121 Å². The van der Waals surface area contributed by atoms with Crippen molar-refractivity contribution in [2.24, 2.45) is 11.8 Å². The number of rotatable bonds is 4. The zero-order valence-corrected chi connectivity index (χ0v) is 12.9. The maximum absolute atomic E-state index is 12.4. The third-order valence-corrected chi connectivity index (χ3v) is 4.13. The van der Waals surface area contributed by atoms with Crippen LogP contribution in [0, 0.1) is 23.2 Å². The molecular formula is C14H17BrN2O2. The van der Waals surface area contributed by atoms with Crippen LogP contribution in [0.3, 0.4) is 0 Å². The molecule has 5 heteroatoms. The van der Waals surface area contributed by atoms with Crippen molar-refractivity contribution in [3.05, 3.63) is 26.6 Å². The second kappa shape index (κ2) is 5.38. The Morgan fingerprint density at radius 3 is 2.58 bits per heavy atom. The number of nitriles is 1. The van der Waals surface area contributed by atoms with Gasteiger partial charge in [0.05, 0.1) is 11.6 Å². The molecule has 1 unspecified atom stereocenters. The fourth-order valence-electron chi connectivity index (χ4n) is 2.64. The molecule has 0 aromatic carbocycles. The van der Waals surface area contributed by atoms with E-state index in [1.54, 1.807) is 10.8 Å². The predicted octanol–water partition coefficient (Wildman–Crippen LogP) is 3.10. The molecule has 19 heavy (non-hydrogen) atoms. The normalized spacial score (nSPS) is 16.2. The number of ether oxygens (including phenoxy) is 1. The Kier molecular flexibility index (Phi) is 4.00. The maximum atomic E-state index is 12.4. The van der Waals surface area contributed by atoms with E-state index >= 15 is 0 Å². The van der Waals surface area contributed by atoms with Crippen molar-refractivity contribution < 1.29 is 4.74 Å². The topological polar surface area (TPSA) is 55.0 Å². The van der Waals surface area contributed by atoms with E-state index in [1.165, 1.54) is 7.11 Å². The Balaban J connectivity index is 2.62. The number of methoxy groups -OCH3 is 1. The van der Waals surface area contributed by atoms with Crippen LogP contribution in [0.2, 0.25) is 0 Å². The van der Waals surface area contributed by atoms with Gasteiger partial charge in [0.25, 0.3) is 5.56 Å². The van der Waals surface area contributed by atoms with Gasteiger partial charge in [-0.05, 0) is 40.6 Å². The Hall–Kier alpha value is -1.28. The van der Waals surface area contributed by atoms with Gasteiger partial charge in [0, 0.05) is 12.2 Å². The van der Waals surface area contributed by atoms with Crippen molar-refractivity contribution in [3.63, 3.8) is 0 Å². The van der Waals surface area contributed by atoms with Crippen molar-refractivity contribution >= 4 is 15.9 Å². The lowest BCUT2D eigenvalue weighted by atomic mass is 9.99. The standard InChI is InChI=1S/C14H17BrN2O2/c1-8(2)12(9-4-5-9)17-7-11(15)13(19-3)10(6-16)14(17)18/h7-9,12H,4-5H2,1-3H3. The van der Waals surface area contributed by atoms with E-state index in [2.05, 4.69) is 29.8 Å². The van der Waals surface area contributed by atoms with E-state index in [1.807, 2.05) is 6.07 Å². The molecule has 0 radical (unpaired) electrons. The van der Waals surface area contributed by atoms with Crippen LogP contribution in [0.5, 0.6) is 5.75 Å². The molecule has 1 saturated carbocycles. The van der Waals surface area contributed by atoms with Crippen LogP contribution in [-0.2, 0) is 0 Å². The van der Waals surface area contributed by atoms with Crippen LogP contribution in [0.25, 0.3) is 0 Å². The van der Waals surface area contributed by atoms with Crippen molar-refractivity contribution in [2.45, 2.75) is 32.7 Å². The maximum Gasteiger partial charge on any atom is 0.272 e. The Morgan fingerprint density at radius 2 is 2.16 bits per heavy atom. The van der Waals surface area contributed by atoms with Crippen molar-refractivity contribution in [1.29, 1.82) is 5.26 Å². The van der Waals surface area contributed by atoms with Gasteiger partial charge in [-0.25, -0.2) is 0 Å². The first kappa shape index (κ1) is 14.1. The fraction of sp³-hybridized carbons (Fsp3) is 0.571. The molecule has 2 rings (SSSR count). The van der Waals surface area contributed by atoms with E-state index in [4.69, 9.17) is 4.74 Å². The molecular weight excluding hydrogens is 308 g/mol. The highest BCUT2D eigenvalue weighted by Crippen LogP contribution is 2.43. The second-order valence-electron chi connectivity index (χ2n) is 5.28. The third kappa shape index (κ3) is 2.55. The van der Waals surface area contributed by atoms with E-state index in [-0.39, 0.29) is 17.2 Å². The number of hydrogen-bond donors (Lipinski definition) is 0. The number of nitrogens with zero attached hydrogens (tertiary/aromatic N) is 2. The van der Waals surface area contributed by atoms with Gasteiger partial charge in [0.2, 0.25) is 0 Å². The third-order valence-electron chi connectivity index (χ3n) is 3.57. The van der Waals surface area contributed by atoms with Crippen molar-refractivity contribution in [2.75, 3.05) is 7.11 Å². The summed E-state index contributed by atoms with van der Waals surface area (Å²) in [5.74, 6) is 1.23. The lowest BCUT2D eigenvalue weighted by Crippen LogP contribution is -2.31. The summed E-state index contributed by atoms with van der Waals surface area (Å²) in [5, 5.41) is 9.19. The highest BCUT2D eigenvalue weighted by atomic mass is 79.9. The van der Waals surface area contributed by atoms with Gasteiger partial charge in [-0.2, -0.15) is 5.26 Å². The van der Waals surface area contributed by atoms with E-state index in [0.717, 1.165) is 12.8 Å².